The number of hydrogen-bond acceptors (Lipinski definition) is 4. The Balaban J connectivity index is 2.37. The molecule has 0 saturated carbocycles. The average Bonchev–Trinajstić information content (AvgIpc) is 2.42. The lowest BCUT2D eigenvalue weighted by Gasteiger charge is -2.05. The first-order chi connectivity index (χ1) is 9.15. The van der Waals surface area contributed by atoms with E-state index < -0.39 is 5.97 Å². The third kappa shape index (κ3) is 5.48. The zero-order valence-corrected chi connectivity index (χ0v) is 10.9. The van der Waals surface area contributed by atoms with Gasteiger partial charge in [0.1, 0.15) is 11.4 Å². The highest BCUT2D eigenvalue weighted by Crippen LogP contribution is 2.00. The van der Waals surface area contributed by atoms with Crippen LogP contribution in [0.15, 0.2) is 18.2 Å². The molecule has 1 amide bonds. The molecule has 0 fully saturated rings. The van der Waals surface area contributed by atoms with Crippen molar-refractivity contribution in [2.75, 3.05) is 20.3 Å². The Morgan fingerprint density at radius 2 is 2.00 bits per heavy atom. The topological polar surface area (TPSA) is 88.5 Å². The Hall–Kier alpha value is -1.95. The van der Waals surface area contributed by atoms with Crippen LogP contribution in [0.3, 0.4) is 0 Å². The highest BCUT2D eigenvalue weighted by atomic mass is 16.5. The summed E-state index contributed by atoms with van der Waals surface area (Å²) in [5.74, 6) is -1.50. The van der Waals surface area contributed by atoms with E-state index in [1.807, 2.05) is 0 Å². The van der Waals surface area contributed by atoms with Gasteiger partial charge in [0.25, 0.3) is 5.91 Å². The Bertz CT molecular complexity index is 434. The molecule has 6 nitrogen and oxygen atoms in total. The first-order valence-corrected chi connectivity index (χ1v) is 6.12. The lowest BCUT2D eigenvalue weighted by molar-refractivity contribution is 0.0690. The van der Waals surface area contributed by atoms with E-state index in [9.17, 15) is 9.59 Å². The Morgan fingerprint density at radius 3 is 2.68 bits per heavy atom. The zero-order chi connectivity index (χ0) is 14.1. The van der Waals surface area contributed by atoms with Gasteiger partial charge in [0, 0.05) is 20.3 Å². The maximum absolute atomic E-state index is 11.7. The number of carbonyl (C=O) groups excluding carboxylic acids is 1. The monoisotopic (exact) mass is 266 g/mol. The standard InChI is InChI=1S/C13H18N2O4/c1-19-9-4-2-3-8-14-12(16)10-6-5-7-11(15-10)13(17)18/h5-7H,2-4,8-9H2,1H3,(H,14,16)(H,17,18). The Labute approximate surface area is 111 Å². The largest absolute Gasteiger partial charge is 0.477 e. The molecule has 0 saturated heterocycles. The summed E-state index contributed by atoms with van der Waals surface area (Å²) in [5, 5.41) is 11.5. The van der Waals surface area contributed by atoms with Gasteiger partial charge in [-0.2, -0.15) is 0 Å². The van der Waals surface area contributed by atoms with Gasteiger partial charge in [-0.15, -0.1) is 0 Å². The number of methoxy groups -OCH3 is 1. The summed E-state index contributed by atoms with van der Waals surface area (Å²) < 4.78 is 4.92. The molecular weight excluding hydrogens is 248 g/mol. The van der Waals surface area contributed by atoms with Crippen molar-refractivity contribution < 1.29 is 19.4 Å². The van der Waals surface area contributed by atoms with Crippen LogP contribution in [0.5, 0.6) is 0 Å². The van der Waals surface area contributed by atoms with Crippen LogP contribution in [-0.2, 0) is 4.74 Å². The fourth-order valence-corrected chi connectivity index (χ4v) is 1.52. The van der Waals surface area contributed by atoms with Gasteiger partial charge in [0.05, 0.1) is 0 Å². The summed E-state index contributed by atoms with van der Waals surface area (Å²) in [6, 6.07) is 4.35. The number of nitrogens with zero attached hydrogens (tertiary/aromatic N) is 1. The smallest absolute Gasteiger partial charge is 0.354 e. The highest BCUT2D eigenvalue weighted by Gasteiger charge is 2.10. The molecule has 2 N–H and O–H groups in total. The van der Waals surface area contributed by atoms with Gasteiger partial charge in [0.2, 0.25) is 0 Å². The van der Waals surface area contributed by atoms with Gasteiger partial charge < -0.3 is 15.2 Å². The van der Waals surface area contributed by atoms with Crippen molar-refractivity contribution in [1.82, 2.24) is 10.3 Å². The normalized spacial score (nSPS) is 10.2. The van der Waals surface area contributed by atoms with Gasteiger partial charge in [-0.25, -0.2) is 9.78 Å². The van der Waals surface area contributed by atoms with E-state index in [-0.39, 0.29) is 17.3 Å². The van der Waals surface area contributed by atoms with Gasteiger partial charge in [-0.05, 0) is 31.4 Å². The number of carboxylic acids is 1. The summed E-state index contributed by atoms with van der Waals surface area (Å²) in [4.78, 5) is 26.2. The van der Waals surface area contributed by atoms with Crippen molar-refractivity contribution >= 4 is 11.9 Å². The Kier molecular flexibility index (Phi) is 6.52. The number of unbranched alkanes of at least 4 members (excludes halogenated alkanes) is 2. The van der Waals surface area contributed by atoms with Crippen LogP contribution in [0.4, 0.5) is 0 Å². The quantitative estimate of drug-likeness (QED) is 0.693. The zero-order valence-electron chi connectivity index (χ0n) is 10.9. The fourth-order valence-electron chi connectivity index (χ4n) is 1.52. The van der Waals surface area contributed by atoms with Crippen LogP contribution >= 0.6 is 0 Å². The maximum atomic E-state index is 11.7. The minimum absolute atomic E-state index is 0.122. The van der Waals surface area contributed by atoms with Crippen LogP contribution in [0.25, 0.3) is 0 Å². The van der Waals surface area contributed by atoms with Gasteiger partial charge in [-0.3, -0.25) is 4.79 Å². The van der Waals surface area contributed by atoms with E-state index in [2.05, 4.69) is 10.3 Å². The summed E-state index contributed by atoms with van der Waals surface area (Å²) >= 11 is 0. The molecule has 0 aliphatic carbocycles. The van der Waals surface area contributed by atoms with Crippen LogP contribution in [0.1, 0.15) is 40.2 Å². The van der Waals surface area contributed by atoms with Crippen LogP contribution < -0.4 is 5.32 Å². The van der Waals surface area contributed by atoms with Crippen molar-refractivity contribution in [3.63, 3.8) is 0 Å². The number of nitrogens with one attached hydrogen (secondary N) is 1. The molecule has 19 heavy (non-hydrogen) atoms. The lowest BCUT2D eigenvalue weighted by Crippen LogP contribution is -2.25. The van der Waals surface area contributed by atoms with Gasteiger partial charge in [-0.1, -0.05) is 6.07 Å². The number of rotatable bonds is 8. The molecule has 1 heterocycles. The molecule has 0 aromatic carbocycles. The predicted octanol–water partition coefficient (Wildman–Crippen LogP) is 1.33. The molecule has 104 valence electrons. The van der Waals surface area contributed by atoms with Gasteiger partial charge >= 0.3 is 5.97 Å². The van der Waals surface area contributed by atoms with E-state index in [1.165, 1.54) is 18.2 Å². The SMILES string of the molecule is COCCCCCNC(=O)c1cccc(C(=O)O)n1. The number of carboxylic acid groups (broad SMARTS) is 1. The lowest BCUT2D eigenvalue weighted by atomic mass is 10.2. The first kappa shape index (κ1) is 15.1. The molecule has 1 rings (SSSR count). The van der Waals surface area contributed by atoms with Crippen molar-refractivity contribution in [1.29, 1.82) is 0 Å². The summed E-state index contributed by atoms with van der Waals surface area (Å²) in [6.45, 7) is 1.26. The molecule has 0 unspecified atom stereocenters. The number of ether oxygens (including phenoxy) is 1. The van der Waals surface area contributed by atoms with Gasteiger partial charge in [0.15, 0.2) is 0 Å². The third-order valence-electron chi connectivity index (χ3n) is 2.51. The van der Waals surface area contributed by atoms with Crippen LogP contribution in [0.2, 0.25) is 0 Å². The molecule has 0 bridgehead atoms. The van der Waals surface area contributed by atoms with E-state index in [0.717, 1.165) is 25.9 Å². The van der Waals surface area contributed by atoms with E-state index in [0.29, 0.717) is 6.54 Å². The molecule has 6 heteroatoms. The van der Waals surface area contributed by atoms with E-state index in [1.54, 1.807) is 7.11 Å². The molecule has 1 aromatic heterocycles. The molecule has 1 aromatic rings. The highest BCUT2D eigenvalue weighted by molar-refractivity contribution is 5.94. The van der Waals surface area contributed by atoms with E-state index >= 15 is 0 Å². The fraction of sp³-hybridized carbons (Fsp3) is 0.462. The molecular formula is C13H18N2O4. The molecule has 0 radical (unpaired) electrons. The number of amides is 1. The second kappa shape index (κ2) is 8.20. The predicted molar refractivity (Wildman–Crippen MR) is 69.3 cm³/mol. The van der Waals surface area contributed by atoms with Crippen molar-refractivity contribution in [2.24, 2.45) is 0 Å². The molecule has 0 spiro atoms. The number of pyridine rings is 1. The summed E-state index contributed by atoms with van der Waals surface area (Å²) in [7, 11) is 1.66. The molecule has 0 atom stereocenters. The minimum atomic E-state index is -1.14. The second-order valence-electron chi connectivity index (χ2n) is 4.02. The van der Waals surface area contributed by atoms with Crippen molar-refractivity contribution in [3.05, 3.63) is 29.6 Å². The third-order valence-corrected chi connectivity index (χ3v) is 2.51. The maximum Gasteiger partial charge on any atom is 0.354 e. The van der Waals surface area contributed by atoms with Crippen molar-refractivity contribution in [3.8, 4) is 0 Å². The average molecular weight is 266 g/mol. The van der Waals surface area contributed by atoms with Crippen LogP contribution in [-0.4, -0.2) is 42.2 Å². The molecule has 0 aliphatic heterocycles. The summed E-state index contributed by atoms with van der Waals surface area (Å²) in [6.07, 6.45) is 2.78. The number of aromatic nitrogens is 1. The molecule has 0 aliphatic rings. The van der Waals surface area contributed by atoms with Crippen molar-refractivity contribution in [2.45, 2.75) is 19.3 Å². The number of carbonyl (C=O) groups is 2. The Morgan fingerprint density at radius 1 is 1.26 bits per heavy atom. The first-order valence-electron chi connectivity index (χ1n) is 6.12. The summed E-state index contributed by atoms with van der Waals surface area (Å²) in [5.41, 5.74) is -0.00969. The number of aromatic carboxylic acids is 1. The van der Waals surface area contributed by atoms with E-state index in [4.69, 9.17) is 9.84 Å². The number of hydrogen-bond donors (Lipinski definition) is 2. The minimum Gasteiger partial charge on any atom is -0.477 e. The van der Waals surface area contributed by atoms with Crippen LogP contribution in [0, 0.1) is 0 Å². The second-order valence-corrected chi connectivity index (χ2v) is 4.02.